The van der Waals surface area contributed by atoms with E-state index >= 15 is 0 Å². The van der Waals surface area contributed by atoms with Crippen LogP contribution in [0, 0.1) is 11.6 Å². The van der Waals surface area contributed by atoms with Gasteiger partial charge >= 0.3 is 0 Å². The lowest BCUT2D eigenvalue weighted by molar-refractivity contribution is 0.355. The second-order valence-corrected chi connectivity index (χ2v) is 6.10. The van der Waals surface area contributed by atoms with E-state index < -0.39 is 23.8 Å². The molecule has 3 heterocycles. The van der Waals surface area contributed by atoms with E-state index in [1.807, 2.05) is 0 Å². The lowest BCUT2D eigenvalue weighted by atomic mass is 10.0. The summed E-state index contributed by atoms with van der Waals surface area (Å²) in [5.74, 6) is -0.660. The fourth-order valence-electron chi connectivity index (χ4n) is 3.30. The largest absolute Gasteiger partial charge is 0.397 e. The average Bonchev–Trinajstić information content (AvgIpc) is 2.99. The molecule has 4 rings (SSSR count). The lowest BCUT2D eigenvalue weighted by Gasteiger charge is -2.26. The molecule has 0 aliphatic carbocycles. The molecule has 4 nitrogen and oxygen atoms in total. The average molecular weight is 344 g/mol. The predicted molar refractivity (Wildman–Crippen MR) is 89.9 cm³/mol. The number of anilines is 2. The number of hydrogen-bond acceptors (Lipinski definition) is 4. The Kier molecular flexibility index (Phi) is 3.71. The number of nitrogens with zero attached hydrogens (tertiary/aromatic N) is 3. The molecule has 0 unspecified atom stereocenters. The standard InChI is InChI=1S/C18H15F3N4/c19-10-1-2-13(21)12(7-10)16-8-11(20)9-25(16)17-4-3-15-18(24-17)14(22)5-6-23-15/h1-7,11,16H,8-9H2,(H2,22,23)/t11-,16+/m0/s1. The van der Waals surface area contributed by atoms with Crippen molar-refractivity contribution in [3.05, 3.63) is 59.8 Å². The van der Waals surface area contributed by atoms with Gasteiger partial charge in [0.2, 0.25) is 0 Å². The normalized spacial score (nSPS) is 20.4. The van der Waals surface area contributed by atoms with Crippen molar-refractivity contribution in [3.63, 3.8) is 0 Å². The quantitative estimate of drug-likeness (QED) is 0.769. The summed E-state index contributed by atoms with van der Waals surface area (Å²) < 4.78 is 41.9. The molecule has 2 N–H and O–H groups in total. The summed E-state index contributed by atoms with van der Waals surface area (Å²) in [5.41, 5.74) is 7.64. The van der Waals surface area contributed by atoms with Crippen LogP contribution in [0.15, 0.2) is 42.6 Å². The van der Waals surface area contributed by atoms with Gasteiger partial charge in [-0.3, -0.25) is 4.98 Å². The first kappa shape index (κ1) is 15.7. The molecule has 7 heteroatoms. The first-order valence-electron chi connectivity index (χ1n) is 7.90. The highest BCUT2D eigenvalue weighted by Gasteiger charge is 2.36. The van der Waals surface area contributed by atoms with Crippen LogP contribution in [0.2, 0.25) is 0 Å². The van der Waals surface area contributed by atoms with Crippen LogP contribution in [0.1, 0.15) is 18.0 Å². The maximum atomic E-state index is 14.2. The molecule has 0 spiro atoms. The number of hydrogen-bond donors (Lipinski definition) is 1. The highest BCUT2D eigenvalue weighted by atomic mass is 19.1. The van der Waals surface area contributed by atoms with Crippen molar-refractivity contribution in [2.45, 2.75) is 18.6 Å². The minimum atomic E-state index is -1.16. The van der Waals surface area contributed by atoms with Crippen LogP contribution in [-0.4, -0.2) is 22.7 Å². The van der Waals surface area contributed by atoms with Crippen molar-refractivity contribution >= 4 is 22.5 Å². The Morgan fingerprint density at radius 3 is 2.80 bits per heavy atom. The minimum absolute atomic E-state index is 0.0549. The monoisotopic (exact) mass is 344 g/mol. The van der Waals surface area contributed by atoms with Crippen LogP contribution in [0.5, 0.6) is 0 Å². The molecule has 0 bridgehead atoms. The Bertz CT molecular complexity index is 947. The fraction of sp³-hybridized carbons (Fsp3) is 0.222. The lowest BCUT2D eigenvalue weighted by Crippen LogP contribution is -2.25. The van der Waals surface area contributed by atoms with Gasteiger partial charge in [0, 0.05) is 18.2 Å². The molecule has 0 amide bonds. The Labute approximate surface area is 142 Å². The fourth-order valence-corrected chi connectivity index (χ4v) is 3.30. The molecule has 2 aromatic heterocycles. The number of aromatic nitrogens is 2. The van der Waals surface area contributed by atoms with Crippen LogP contribution in [0.25, 0.3) is 11.0 Å². The van der Waals surface area contributed by atoms with Crippen LogP contribution in [-0.2, 0) is 0 Å². The first-order chi connectivity index (χ1) is 12.0. The van der Waals surface area contributed by atoms with Crippen molar-refractivity contribution in [3.8, 4) is 0 Å². The summed E-state index contributed by atoms with van der Waals surface area (Å²) in [6.45, 7) is 0.0549. The number of fused-ring (bicyclic) bond motifs is 1. The van der Waals surface area contributed by atoms with Gasteiger partial charge in [0.25, 0.3) is 0 Å². The van der Waals surface area contributed by atoms with Crippen molar-refractivity contribution in [2.75, 3.05) is 17.2 Å². The van der Waals surface area contributed by atoms with Crippen molar-refractivity contribution in [2.24, 2.45) is 0 Å². The molecule has 1 aromatic carbocycles. The molecule has 3 aromatic rings. The van der Waals surface area contributed by atoms with E-state index in [1.165, 1.54) is 0 Å². The van der Waals surface area contributed by atoms with E-state index in [0.29, 0.717) is 22.5 Å². The maximum Gasteiger partial charge on any atom is 0.130 e. The Hall–Kier alpha value is -2.83. The second kappa shape index (κ2) is 5.91. The third-order valence-electron chi connectivity index (χ3n) is 4.46. The van der Waals surface area contributed by atoms with Gasteiger partial charge in [-0.2, -0.15) is 0 Å². The van der Waals surface area contributed by atoms with Crippen LogP contribution < -0.4 is 10.6 Å². The molecular formula is C18H15F3N4. The first-order valence-corrected chi connectivity index (χ1v) is 7.90. The number of nitrogens with two attached hydrogens (primary N) is 1. The molecule has 25 heavy (non-hydrogen) atoms. The molecule has 1 aliphatic rings. The van der Waals surface area contributed by atoms with E-state index in [9.17, 15) is 13.2 Å². The summed E-state index contributed by atoms with van der Waals surface area (Å²) in [5, 5.41) is 0. The highest BCUT2D eigenvalue weighted by Crippen LogP contribution is 2.38. The van der Waals surface area contributed by atoms with Gasteiger partial charge in [-0.1, -0.05) is 0 Å². The van der Waals surface area contributed by atoms with Gasteiger partial charge < -0.3 is 10.6 Å². The summed E-state index contributed by atoms with van der Waals surface area (Å²) in [6.07, 6.45) is 0.497. The van der Waals surface area contributed by atoms with Gasteiger partial charge in [-0.05, 0) is 36.4 Å². The predicted octanol–water partition coefficient (Wildman–Crippen LogP) is 3.78. The third kappa shape index (κ3) is 2.75. The topological polar surface area (TPSA) is 55.0 Å². The minimum Gasteiger partial charge on any atom is -0.397 e. The number of rotatable bonds is 2. The molecule has 0 radical (unpaired) electrons. The van der Waals surface area contributed by atoms with Gasteiger partial charge in [0.05, 0.1) is 23.8 Å². The molecule has 1 saturated heterocycles. The maximum absolute atomic E-state index is 14.2. The molecule has 128 valence electrons. The van der Waals surface area contributed by atoms with Crippen LogP contribution in [0.4, 0.5) is 24.7 Å². The zero-order valence-corrected chi connectivity index (χ0v) is 13.2. The number of benzene rings is 1. The summed E-state index contributed by atoms with van der Waals surface area (Å²) >= 11 is 0. The van der Waals surface area contributed by atoms with Gasteiger partial charge in [0.1, 0.15) is 29.1 Å². The molecule has 1 fully saturated rings. The molecular weight excluding hydrogens is 329 g/mol. The van der Waals surface area contributed by atoms with E-state index in [4.69, 9.17) is 5.73 Å². The summed E-state index contributed by atoms with van der Waals surface area (Å²) in [7, 11) is 0. The third-order valence-corrected chi connectivity index (χ3v) is 4.46. The SMILES string of the molecule is Nc1ccnc2ccc(N3C[C@@H](F)C[C@@H]3c3cc(F)ccc3F)nc12. The number of nitrogen functional groups attached to an aromatic ring is 1. The smallest absolute Gasteiger partial charge is 0.130 e. The highest BCUT2D eigenvalue weighted by molar-refractivity contribution is 5.87. The van der Waals surface area contributed by atoms with E-state index in [2.05, 4.69) is 9.97 Å². The molecule has 0 saturated carbocycles. The van der Waals surface area contributed by atoms with Crippen LogP contribution in [0.3, 0.4) is 0 Å². The van der Waals surface area contributed by atoms with Gasteiger partial charge in [-0.15, -0.1) is 0 Å². The van der Waals surface area contributed by atoms with E-state index in [0.717, 1.165) is 18.2 Å². The van der Waals surface area contributed by atoms with Gasteiger partial charge in [-0.25, -0.2) is 18.2 Å². The zero-order chi connectivity index (χ0) is 17.6. The van der Waals surface area contributed by atoms with Crippen molar-refractivity contribution in [1.29, 1.82) is 0 Å². The zero-order valence-electron chi connectivity index (χ0n) is 13.2. The van der Waals surface area contributed by atoms with Gasteiger partial charge in [0.15, 0.2) is 0 Å². The van der Waals surface area contributed by atoms with Crippen molar-refractivity contribution < 1.29 is 13.2 Å². The number of pyridine rings is 2. The van der Waals surface area contributed by atoms with Crippen molar-refractivity contribution in [1.82, 2.24) is 9.97 Å². The molecule has 1 aliphatic heterocycles. The summed E-state index contributed by atoms with van der Waals surface area (Å²) in [6, 6.07) is 7.65. The number of alkyl halides is 1. The van der Waals surface area contributed by atoms with Crippen LogP contribution >= 0.6 is 0 Å². The second-order valence-electron chi connectivity index (χ2n) is 6.10. The van der Waals surface area contributed by atoms with E-state index in [-0.39, 0.29) is 18.5 Å². The summed E-state index contributed by atoms with van der Waals surface area (Å²) in [4.78, 5) is 10.3. The Morgan fingerprint density at radius 2 is 1.96 bits per heavy atom. The Balaban J connectivity index is 1.80. The van der Waals surface area contributed by atoms with E-state index in [1.54, 1.807) is 29.3 Å². The Morgan fingerprint density at radius 1 is 1.12 bits per heavy atom. The molecule has 2 atom stereocenters. The number of halogens is 3.